The summed E-state index contributed by atoms with van der Waals surface area (Å²) in [5.74, 6) is 1.44. The lowest BCUT2D eigenvalue weighted by Crippen LogP contribution is -2.53. The number of anilines is 1. The molecule has 0 spiro atoms. The van der Waals surface area contributed by atoms with Crippen LogP contribution in [0.3, 0.4) is 0 Å². The summed E-state index contributed by atoms with van der Waals surface area (Å²) in [6.07, 6.45) is 3.27. The Kier molecular flexibility index (Phi) is 4.35. The van der Waals surface area contributed by atoms with Gasteiger partial charge in [-0.05, 0) is 51.2 Å². The van der Waals surface area contributed by atoms with Gasteiger partial charge >= 0.3 is 0 Å². The summed E-state index contributed by atoms with van der Waals surface area (Å²) in [6.45, 7) is 5.92. The quantitative estimate of drug-likeness (QED) is 0.906. The van der Waals surface area contributed by atoms with Gasteiger partial charge < -0.3 is 14.7 Å². The monoisotopic (exact) mass is 263 g/mol. The zero-order chi connectivity index (χ0) is 13.9. The maximum atomic E-state index is 9.25. The van der Waals surface area contributed by atoms with Crippen LogP contribution in [0.2, 0.25) is 0 Å². The molecule has 0 aliphatic carbocycles. The van der Waals surface area contributed by atoms with Gasteiger partial charge in [0.1, 0.15) is 5.75 Å². The fourth-order valence-electron chi connectivity index (χ4n) is 3.25. The first kappa shape index (κ1) is 14.2. The average molecular weight is 263 g/mol. The standard InChI is InChI=1S/C16H25NO2/c1-16(2)13(9-11-18)6-5-10-17(16)14-7-4-8-15(12-14)19-3/h4,7-8,12-13,18H,5-6,9-11H2,1-3H3. The van der Waals surface area contributed by atoms with E-state index in [1.165, 1.54) is 18.5 Å². The van der Waals surface area contributed by atoms with Gasteiger partial charge in [-0.25, -0.2) is 0 Å². The molecule has 1 heterocycles. The minimum absolute atomic E-state index is 0.0767. The van der Waals surface area contributed by atoms with Crippen LogP contribution in [0, 0.1) is 5.92 Å². The van der Waals surface area contributed by atoms with Crippen LogP contribution in [-0.2, 0) is 0 Å². The number of aliphatic hydroxyl groups is 1. The molecular weight excluding hydrogens is 238 g/mol. The minimum Gasteiger partial charge on any atom is -0.497 e. The van der Waals surface area contributed by atoms with E-state index in [9.17, 15) is 5.11 Å². The minimum atomic E-state index is 0.0767. The Bertz CT molecular complexity index is 415. The summed E-state index contributed by atoms with van der Waals surface area (Å²) < 4.78 is 5.32. The lowest BCUT2D eigenvalue weighted by molar-refractivity contribution is 0.176. The predicted molar refractivity (Wildman–Crippen MR) is 78.8 cm³/mol. The lowest BCUT2D eigenvalue weighted by atomic mass is 9.77. The van der Waals surface area contributed by atoms with Crippen molar-refractivity contribution in [3.8, 4) is 5.75 Å². The van der Waals surface area contributed by atoms with E-state index >= 15 is 0 Å². The summed E-state index contributed by atoms with van der Waals surface area (Å²) in [7, 11) is 1.70. The zero-order valence-electron chi connectivity index (χ0n) is 12.2. The molecule has 1 unspecified atom stereocenters. The third-order valence-electron chi connectivity index (χ3n) is 4.47. The van der Waals surface area contributed by atoms with Crippen molar-refractivity contribution < 1.29 is 9.84 Å². The predicted octanol–water partition coefficient (Wildman–Crippen LogP) is 3.07. The second-order valence-corrected chi connectivity index (χ2v) is 5.86. The number of piperidine rings is 1. The Morgan fingerprint density at radius 2 is 2.21 bits per heavy atom. The van der Waals surface area contributed by atoms with Crippen molar-refractivity contribution in [2.75, 3.05) is 25.2 Å². The van der Waals surface area contributed by atoms with E-state index in [1.54, 1.807) is 7.11 Å². The van der Waals surface area contributed by atoms with Crippen LogP contribution in [0.5, 0.6) is 5.75 Å². The van der Waals surface area contributed by atoms with Crippen molar-refractivity contribution in [2.24, 2.45) is 5.92 Å². The second kappa shape index (κ2) is 5.83. The first-order valence-electron chi connectivity index (χ1n) is 7.12. The molecule has 1 atom stereocenters. The normalized spacial score (nSPS) is 22.3. The molecular formula is C16H25NO2. The largest absolute Gasteiger partial charge is 0.497 e. The maximum absolute atomic E-state index is 9.25. The highest BCUT2D eigenvalue weighted by molar-refractivity contribution is 5.53. The van der Waals surface area contributed by atoms with E-state index in [2.05, 4.69) is 30.9 Å². The molecule has 3 nitrogen and oxygen atoms in total. The molecule has 1 aliphatic heterocycles. The summed E-state index contributed by atoms with van der Waals surface area (Å²) in [6, 6.07) is 8.26. The summed E-state index contributed by atoms with van der Waals surface area (Å²) in [4.78, 5) is 2.46. The average Bonchev–Trinajstić information content (AvgIpc) is 2.41. The Balaban J connectivity index is 2.26. The number of ether oxygens (including phenoxy) is 1. The van der Waals surface area contributed by atoms with Gasteiger partial charge in [0, 0.05) is 30.4 Å². The Morgan fingerprint density at radius 3 is 2.89 bits per heavy atom. The number of rotatable bonds is 4. The van der Waals surface area contributed by atoms with Crippen LogP contribution in [0.25, 0.3) is 0 Å². The van der Waals surface area contributed by atoms with E-state index < -0.39 is 0 Å². The molecule has 1 aliphatic rings. The molecule has 0 bridgehead atoms. The highest BCUT2D eigenvalue weighted by Crippen LogP contribution is 2.39. The van der Waals surface area contributed by atoms with Crippen molar-refractivity contribution in [1.82, 2.24) is 0 Å². The van der Waals surface area contributed by atoms with Crippen LogP contribution in [0.15, 0.2) is 24.3 Å². The molecule has 2 rings (SSSR count). The summed E-state index contributed by atoms with van der Waals surface area (Å²) >= 11 is 0. The molecule has 0 amide bonds. The Hall–Kier alpha value is -1.22. The third-order valence-corrected chi connectivity index (χ3v) is 4.47. The van der Waals surface area contributed by atoms with Crippen LogP contribution in [0.4, 0.5) is 5.69 Å². The van der Waals surface area contributed by atoms with Gasteiger partial charge in [-0.2, -0.15) is 0 Å². The number of hydrogen-bond acceptors (Lipinski definition) is 3. The molecule has 1 aromatic rings. The molecule has 3 heteroatoms. The van der Waals surface area contributed by atoms with E-state index in [0.717, 1.165) is 18.7 Å². The molecule has 1 N–H and O–H groups in total. The van der Waals surface area contributed by atoms with Gasteiger partial charge in [0.15, 0.2) is 0 Å². The third kappa shape index (κ3) is 2.86. The van der Waals surface area contributed by atoms with Gasteiger partial charge in [-0.3, -0.25) is 0 Å². The fraction of sp³-hybridized carbons (Fsp3) is 0.625. The molecule has 19 heavy (non-hydrogen) atoms. The molecule has 106 valence electrons. The first-order chi connectivity index (χ1) is 9.09. The van der Waals surface area contributed by atoms with Gasteiger partial charge in [0.05, 0.1) is 7.11 Å². The Morgan fingerprint density at radius 1 is 1.42 bits per heavy atom. The summed E-state index contributed by atoms with van der Waals surface area (Å²) in [5, 5.41) is 9.25. The van der Waals surface area contributed by atoms with Crippen molar-refractivity contribution in [1.29, 1.82) is 0 Å². The van der Waals surface area contributed by atoms with Gasteiger partial charge in [0.2, 0.25) is 0 Å². The second-order valence-electron chi connectivity index (χ2n) is 5.86. The zero-order valence-corrected chi connectivity index (χ0v) is 12.2. The number of aliphatic hydroxyl groups excluding tert-OH is 1. The van der Waals surface area contributed by atoms with Crippen molar-refractivity contribution in [3.05, 3.63) is 24.3 Å². The summed E-state index contributed by atoms with van der Waals surface area (Å²) in [5.41, 5.74) is 1.29. The highest BCUT2D eigenvalue weighted by atomic mass is 16.5. The number of methoxy groups -OCH3 is 1. The van der Waals surface area contributed by atoms with E-state index in [0.29, 0.717) is 5.92 Å². The van der Waals surface area contributed by atoms with Gasteiger partial charge in [0.25, 0.3) is 0 Å². The number of nitrogens with zero attached hydrogens (tertiary/aromatic N) is 1. The topological polar surface area (TPSA) is 32.7 Å². The van der Waals surface area contributed by atoms with Gasteiger partial charge in [-0.1, -0.05) is 6.07 Å². The lowest BCUT2D eigenvalue weighted by Gasteiger charge is -2.49. The SMILES string of the molecule is COc1cccc(N2CCCC(CCO)C2(C)C)c1. The van der Waals surface area contributed by atoms with Gasteiger partial charge in [-0.15, -0.1) is 0 Å². The molecule has 0 aromatic heterocycles. The van der Waals surface area contributed by atoms with Crippen molar-refractivity contribution in [2.45, 2.75) is 38.6 Å². The van der Waals surface area contributed by atoms with Crippen molar-refractivity contribution >= 4 is 5.69 Å². The number of benzene rings is 1. The van der Waals surface area contributed by atoms with Crippen LogP contribution in [0.1, 0.15) is 33.1 Å². The van der Waals surface area contributed by atoms with Crippen LogP contribution < -0.4 is 9.64 Å². The maximum Gasteiger partial charge on any atom is 0.120 e. The van der Waals surface area contributed by atoms with E-state index in [4.69, 9.17) is 4.74 Å². The highest BCUT2D eigenvalue weighted by Gasteiger charge is 2.38. The van der Waals surface area contributed by atoms with E-state index in [-0.39, 0.29) is 12.1 Å². The number of hydrogen-bond donors (Lipinski definition) is 1. The van der Waals surface area contributed by atoms with Crippen LogP contribution >= 0.6 is 0 Å². The smallest absolute Gasteiger partial charge is 0.120 e. The molecule has 1 saturated heterocycles. The fourth-order valence-corrected chi connectivity index (χ4v) is 3.25. The first-order valence-corrected chi connectivity index (χ1v) is 7.12. The van der Waals surface area contributed by atoms with Crippen LogP contribution in [-0.4, -0.2) is 30.9 Å². The Labute approximate surface area is 116 Å². The van der Waals surface area contributed by atoms with Crippen molar-refractivity contribution in [3.63, 3.8) is 0 Å². The molecule has 0 radical (unpaired) electrons. The molecule has 1 aromatic carbocycles. The van der Waals surface area contributed by atoms with E-state index in [1.807, 2.05) is 12.1 Å². The molecule has 0 saturated carbocycles. The molecule has 1 fully saturated rings.